The molecule has 3 aromatic heterocycles. The zero-order valence-corrected chi connectivity index (χ0v) is 13.2. The van der Waals surface area contributed by atoms with Crippen LogP contribution < -0.4 is 5.32 Å². The van der Waals surface area contributed by atoms with Crippen LogP contribution in [0.1, 0.15) is 5.56 Å². The number of imidazole rings is 1. The molecule has 0 saturated carbocycles. The highest BCUT2D eigenvalue weighted by Crippen LogP contribution is 2.18. The van der Waals surface area contributed by atoms with Crippen LogP contribution in [0.4, 0.5) is 0 Å². The van der Waals surface area contributed by atoms with Crippen LogP contribution in [0, 0.1) is 0 Å². The molecule has 0 atom stereocenters. The summed E-state index contributed by atoms with van der Waals surface area (Å²) in [5.41, 5.74) is 1.84. The van der Waals surface area contributed by atoms with Gasteiger partial charge in [0, 0.05) is 43.2 Å². The summed E-state index contributed by atoms with van der Waals surface area (Å²) >= 11 is 1.69. The molecule has 6 heteroatoms. The van der Waals surface area contributed by atoms with Crippen molar-refractivity contribution in [2.45, 2.75) is 5.03 Å². The molecule has 23 heavy (non-hydrogen) atoms. The van der Waals surface area contributed by atoms with E-state index >= 15 is 0 Å². The Morgan fingerprint density at radius 1 is 1.26 bits per heavy atom. The van der Waals surface area contributed by atoms with Crippen molar-refractivity contribution in [3.05, 3.63) is 66.8 Å². The zero-order chi connectivity index (χ0) is 15.9. The third kappa shape index (κ3) is 4.20. The Morgan fingerprint density at radius 2 is 2.22 bits per heavy atom. The minimum Gasteiger partial charge on any atom is -0.352 e. The molecule has 116 valence electrons. The highest BCUT2D eigenvalue weighted by atomic mass is 32.2. The van der Waals surface area contributed by atoms with Crippen molar-refractivity contribution < 1.29 is 4.79 Å². The van der Waals surface area contributed by atoms with Crippen molar-refractivity contribution >= 4 is 29.4 Å². The van der Waals surface area contributed by atoms with E-state index in [1.807, 2.05) is 40.9 Å². The van der Waals surface area contributed by atoms with Crippen LogP contribution in [-0.4, -0.2) is 32.6 Å². The molecule has 0 saturated heterocycles. The lowest BCUT2D eigenvalue weighted by Gasteiger charge is -2.05. The van der Waals surface area contributed by atoms with E-state index in [4.69, 9.17) is 0 Å². The standard InChI is InChI=1S/C17H16N4OS/c22-16(7-6-14-3-2-8-18-13-14)20-10-12-23-17-5-1-4-15-19-9-11-21(15)17/h1-9,11,13H,10,12H2,(H,20,22)/b7-6+. The topological polar surface area (TPSA) is 59.3 Å². The van der Waals surface area contributed by atoms with E-state index in [-0.39, 0.29) is 5.91 Å². The lowest BCUT2D eigenvalue weighted by Crippen LogP contribution is -2.23. The van der Waals surface area contributed by atoms with Gasteiger partial charge in [0.2, 0.25) is 5.91 Å². The molecular weight excluding hydrogens is 308 g/mol. The number of amides is 1. The first-order chi connectivity index (χ1) is 11.3. The van der Waals surface area contributed by atoms with Gasteiger partial charge >= 0.3 is 0 Å². The average molecular weight is 324 g/mol. The number of aromatic nitrogens is 3. The normalized spacial score (nSPS) is 11.1. The van der Waals surface area contributed by atoms with Crippen LogP contribution in [-0.2, 0) is 4.79 Å². The highest BCUT2D eigenvalue weighted by molar-refractivity contribution is 7.99. The fraction of sp³-hybridized carbons (Fsp3) is 0.118. The summed E-state index contributed by atoms with van der Waals surface area (Å²) in [4.78, 5) is 20.0. The maximum absolute atomic E-state index is 11.8. The van der Waals surface area contributed by atoms with Crippen LogP contribution in [0.2, 0.25) is 0 Å². The lowest BCUT2D eigenvalue weighted by molar-refractivity contribution is -0.116. The predicted molar refractivity (Wildman–Crippen MR) is 92.2 cm³/mol. The van der Waals surface area contributed by atoms with Gasteiger partial charge in [0.1, 0.15) is 5.65 Å². The number of thioether (sulfide) groups is 1. The average Bonchev–Trinajstić information content (AvgIpc) is 3.07. The molecule has 0 radical (unpaired) electrons. The number of pyridine rings is 2. The van der Waals surface area contributed by atoms with Gasteiger partial charge in [-0.05, 0) is 29.8 Å². The van der Waals surface area contributed by atoms with Gasteiger partial charge in [-0.1, -0.05) is 12.1 Å². The third-order valence-electron chi connectivity index (χ3n) is 3.15. The number of nitrogens with one attached hydrogen (secondary N) is 1. The molecule has 0 spiro atoms. The number of carbonyl (C=O) groups excluding carboxylic acids is 1. The summed E-state index contributed by atoms with van der Waals surface area (Å²) in [7, 11) is 0. The second kappa shape index (κ2) is 7.60. The Morgan fingerprint density at radius 3 is 3.09 bits per heavy atom. The molecule has 3 heterocycles. The second-order valence-corrected chi connectivity index (χ2v) is 5.89. The van der Waals surface area contributed by atoms with Gasteiger partial charge in [-0.15, -0.1) is 11.8 Å². The maximum atomic E-state index is 11.8. The summed E-state index contributed by atoms with van der Waals surface area (Å²) in [5, 5.41) is 3.98. The van der Waals surface area contributed by atoms with E-state index in [9.17, 15) is 4.79 Å². The number of nitrogens with zero attached hydrogens (tertiary/aromatic N) is 3. The maximum Gasteiger partial charge on any atom is 0.244 e. The van der Waals surface area contributed by atoms with Crippen molar-refractivity contribution in [3.63, 3.8) is 0 Å². The predicted octanol–water partition coefficient (Wildman–Crippen LogP) is 2.65. The molecule has 0 bridgehead atoms. The van der Waals surface area contributed by atoms with E-state index in [1.54, 1.807) is 36.4 Å². The number of fused-ring (bicyclic) bond motifs is 1. The minimum absolute atomic E-state index is 0.102. The Hall–Kier alpha value is -2.60. The Balaban J connectivity index is 1.45. The van der Waals surface area contributed by atoms with E-state index in [0.717, 1.165) is 22.0 Å². The number of hydrogen-bond acceptors (Lipinski definition) is 4. The first-order valence-corrected chi connectivity index (χ1v) is 8.22. The molecule has 0 unspecified atom stereocenters. The van der Waals surface area contributed by atoms with Crippen LogP contribution >= 0.6 is 11.8 Å². The molecule has 3 aromatic rings. The Bertz CT molecular complexity index is 814. The van der Waals surface area contributed by atoms with E-state index in [1.165, 1.54) is 6.08 Å². The molecule has 0 aliphatic heterocycles. The first kappa shape index (κ1) is 15.3. The molecule has 0 fully saturated rings. The Labute approximate surface area is 138 Å². The van der Waals surface area contributed by atoms with E-state index in [2.05, 4.69) is 15.3 Å². The molecule has 3 rings (SSSR count). The van der Waals surface area contributed by atoms with Crippen molar-refractivity contribution in [1.29, 1.82) is 0 Å². The van der Waals surface area contributed by atoms with Gasteiger partial charge in [0.25, 0.3) is 0 Å². The number of hydrogen-bond donors (Lipinski definition) is 1. The second-order valence-electron chi connectivity index (χ2n) is 4.78. The molecule has 5 nitrogen and oxygen atoms in total. The molecular formula is C17H16N4OS. The van der Waals surface area contributed by atoms with Gasteiger partial charge in [0.15, 0.2) is 0 Å². The summed E-state index contributed by atoms with van der Waals surface area (Å²) in [6.07, 6.45) is 10.4. The van der Waals surface area contributed by atoms with Gasteiger partial charge < -0.3 is 5.32 Å². The summed E-state index contributed by atoms with van der Waals surface area (Å²) in [6, 6.07) is 9.74. The van der Waals surface area contributed by atoms with Crippen LogP contribution in [0.25, 0.3) is 11.7 Å². The zero-order valence-electron chi connectivity index (χ0n) is 12.4. The highest BCUT2D eigenvalue weighted by Gasteiger charge is 2.01. The van der Waals surface area contributed by atoms with Crippen LogP contribution in [0.5, 0.6) is 0 Å². The monoisotopic (exact) mass is 324 g/mol. The molecule has 1 amide bonds. The fourth-order valence-corrected chi connectivity index (χ4v) is 2.96. The molecule has 0 aromatic carbocycles. The SMILES string of the molecule is O=C(/C=C/c1cccnc1)NCCSc1cccc2nccn12. The summed E-state index contributed by atoms with van der Waals surface area (Å²) in [6.45, 7) is 0.603. The number of rotatable bonds is 6. The van der Waals surface area contributed by atoms with Crippen molar-refractivity contribution in [3.8, 4) is 0 Å². The first-order valence-electron chi connectivity index (χ1n) is 7.24. The third-order valence-corrected chi connectivity index (χ3v) is 4.19. The van der Waals surface area contributed by atoms with Crippen LogP contribution in [0.15, 0.2) is 66.2 Å². The van der Waals surface area contributed by atoms with Gasteiger partial charge in [-0.3, -0.25) is 14.2 Å². The fourth-order valence-electron chi connectivity index (χ4n) is 2.07. The lowest BCUT2D eigenvalue weighted by atomic mass is 10.2. The van der Waals surface area contributed by atoms with Gasteiger partial charge in [-0.2, -0.15) is 0 Å². The summed E-state index contributed by atoms with van der Waals surface area (Å²) < 4.78 is 2.04. The smallest absolute Gasteiger partial charge is 0.244 e. The van der Waals surface area contributed by atoms with Crippen LogP contribution in [0.3, 0.4) is 0 Å². The van der Waals surface area contributed by atoms with E-state index in [0.29, 0.717) is 6.54 Å². The van der Waals surface area contributed by atoms with Crippen molar-refractivity contribution in [1.82, 2.24) is 19.7 Å². The van der Waals surface area contributed by atoms with Crippen molar-refractivity contribution in [2.24, 2.45) is 0 Å². The minimum atomic E-state index is -0.102. The van der Waals surface area contributed by atoms with Crippen molar-refractivity contribution in [2.75, 3.05) is 12.3 Å². The largest absolute Gasteiger partial charge is 0.352 e. The molecule has 0 aliphatic carbocycles. The summed E-state index contributed by atoms with van der Waals surface area (Å²) in [5.74, 6) is 0.694. The van der Waals surface area contributed by atoms with E-state index < -0.39 is 0 Å². The molecule has 1 N–H and O–H groups in total. The Kier molecular flexibility index (Phi) is 5.06. The van der Waals surface area contributed by atoms with Gasteiger partial charge in [-0.25, -0.2) is 4.98 Å². The van der Waals surface area contributed by atoms with Gasteiger partial charge in [0.05, 0.1) is 5.03 Å². The quantitative estimate of drug-likeness (QED) is 0.430. The molecule has 0 aliphatic rings. The number of carbonyl (C=O) groups is 1.